The van der Waals surface area contributed by atoms with Crippen LogP contribution in [0.5, 0.6) is 0 Å². The predicted octanol–water partition coefficient (Wildman–Crippen LogP) is 2.81. The monoisotopic (exact) mass is 535 g/mol. The van der Waals surface area contributed by atoms with Gasteiger partial charge in [0.25, 0.3) is 0 Å². The molecule has 197 valence electrons. The first kappa shape index (κ1) is 37.7. The minimum Gasteiger partial charge on any atom is -0.677 e. The maximum Gasteiger partial charge on any atom is 0.337 e. The van der Waals surface area contributed by atoms with E-state index in [0.29, 0.717) is 0 Å². The number of amides is 1. The van der Waals surface area contributed by atoms with Gasteiger partial charge in [-0.25, -0.2) is 9.59 Å². The molecule has 0 aliphatic rings. The molecule has 1 amide bonds. The van der Waals surface area contributed by atoms with Gasteiger partial charge in [-0.05, 0) is 6.07 Å². The van der Waals surface area contributed by atoms with E-state index in [4.69, 9.17) is 48.5 Å². The molecule has 1 radical (unpaired) electrons. The molecular weight excluding hydrogens is 512 g/mol. The molecule has 0 aliphatic carbocycles. The van der Waals surface area contributed by atoms with Crippen LogP contribution >= 0.6 is 0 Å². The topological polar surface area (TPSA) is 299 Å². The van der Waals surface area contributed by atoms with Crippen molar-refractivity contribution in [2.24, 2.45) is 0 Å². The van der Waals surface area contributed by atoms with Crippen LogP contribution in [0, 0.1) is 0 Å². The molecule has 0 saturated carbocycles. The summed E-state index contributed by atoms with van der Waals surface area (Å²) < 4.78 is 0. The summed E-state index contributed by atoms with van der Waals surface area (Å²) in [5.74, 6) is -6.91. The summed E-state index contributed by atoms with van der Waals surface area (Å²) in [6, 6.07) is 3.39. The van der Waals surface area contributed by atoms with E-state index in [-0.39, 0.29) is 56.0 Å². The second-order valence-corrected chi connectivity index (χ2v) is 5.35. The van der Waals surface area contributed by atoms with Gasteiger partial charge < -0.3 is 53.3 Å². The van der Waals surface area contributed by atoms with Gasteiger partial charge in [0.2, 0.25) is 0 Å². The van der Waals surface area contributed by atoms with Gasteiger partial charge in [0, 0.05) is 41.9 Å². The molecule has 34 heavy (non-hydrogen) atoms. The first-order chi connectivity index (χ1) is 15.3. The van der Waals surface area contributed by atoms with E-state index in [1.54, 1.807) is 0 Å². The van der Waals surface area contributed by atoms with Gasteiger partial charge in [0.15, 0.2) is 0 Å². The number of rotatable bonds is 9. The molecule has 0 spiro atoms. The van der Waals surface area contributed by atoms with Crippen LogP contribution in [-0.2, 0) is 31.5 Å². The smallest absolute Gasteiger partial charge is 0.337 e. The van der Waals surface area contributed by atoms with Crippen molar-refractivity contribution in [3.63, 3.8) is 0 Å². The minimum absolute atomic E-state index is 0. The largest absolute Gasteiger partial charge is 0.677 e. The number of carboxylic acid groups (broad SMARTS) is 5. The third-order valence-electron chi connectivity index (χ3n) is 2.77. The van der Waals surface area contributed by atoms with Crippen LogP contribution < -0.4 is 0 Å². The van der Waals surface area contributed by atoms with E-state index in [0.717, 1.165) is 12.1 Å². The fourth-order valence-corrected chi connectivity index (χ4v) is 1.47. The zero-order chi connectivity index (χ0) is 26.6. The first-order valence-corrected chi connectivity index (χ1v) is 8.71. The van der Waals surface area contributed by atoms with Crippen molar-refractivity contribution < 1.29 is 71.4 Å². The fourth-order valence-electron chi connectivity index (χ4n) is 1.47. The summed E-state index contributed by atoms with van der Waals surface area (Å²) in [4.78, 5) is 60.6. The van der Waals surface area contributed by atoms with Crippen molar-refractivity contribution in [1.82, 2.24) is 0 Å². The summed E-state index contributed by atoms with van der Waals surface area (Å²) in [5, 5.41) is 40.8. The molecule has 0 saturated heterocycles. The van der Waals surface area contributed by atoms with Gasteiger partial charge in [-0.1, -0.05) is 12.1 Å². The number of benzene rings is 1. The molecule has 9 N–H and O–H groups in total. The SMILES string of the molecule is [Cu].[NH-]C(=O)c1cccc(C(=O)O)c1C(=O)O.[NH-]CCC(=O)O.[NH-]CCC(=O)O.[NH-]CCC(=O)O. The Hall–Kier alpha value is -3.56. The Morgan fingerprint density at radius 1 is 0.618 bits per heavy atom. The molecule has 0 aliphatic heterocycles. The van der Waals surface area contributed by atoms with Gasteiger partial charge in [-0.2, -0.15) is 0 Å². The summed E-state index contributed by atoms with van der Waals surface area (Å²) >= 11 is 0. The zero-order valence-electron chi connectivity index (χ0n) is 17.5. The average molecular weight is 536 g/mol. The Morgan fingerprint density at radius 2 is 0.941 bits per heavy atom. The number of nitrogens with one attached hydrogen (secondary N) is 4. The molecule has 0 fully saturated rings. The van der Waals surface area contributed by atoms with Crippen molar-refractivity contribution in [1.29, 1.82) is 0 Å². The molecule has 0 unspecified atom stereocenters. The van der Waals surface area contributed by atoms with Crippen LogP contribution in [0.25, 0.3) is 22.9 Å². The Bertz CT molecular complexity index is 749. The van der Waals surface area contributed by atoms with E-state index < -0.39 is 52.4 Å². The number of hydrogen-bond acceptors (Lipinski definition) is 6. The molecule has 1 aromatic carbocycles. The molecule has 0 heterocycles. The first-order valence-electron chi connectivity index (χ1n) is 8.71. The van der Waals surface area contributed by atoms with Crippen LogP contribution in [0.3, 0.4) is 0 Å². The van der Waals surface area contributed by atoms with Crippen LogP contribution in [0.2, 0.25) is 0 Å². The summed E-state index contributed by atoms with van der Waals surface area (Å²) in [6.45, 7) is -0.0556. The number of hydrogen-bond donors (Lipinski definition) is 5. The van der Waals surface area contributed by atoms with Crippen molar-refractivity contribution in [3.8, 4) is 0 Å². The van der Waals surface area contributed by atoms with Crippen LogP contribution in [0.4, 0.5) is 0 Å². The molecule has 0 aromatic heterocycles. The normalized spacial score (nSPS) is 8.56. The van der Waals surface area contributed by atoms with E-state index in [2.05, 4.69) is 0 Å². The molecular formula is C18H24CuN4O11-4. The molecule has 1 aromatic rings. The molecule has 16 heteroatoms. The van der Waals surface area contributed by atoms with E-state index in [9.17, 15) is 28.8 Å². The van der Waals surface area contributed by atoms with Crippen molar-refractivity contribution in [2.75, 3.05) is 19.6 Å². The molecule has 15 nitrogen and oxygen atoms in total. The number of aromatic carboxylic acids is 2. The molecule has 0 atom stereocenters. The Kier molecular flexibility index (Phi) is 25.1. The quantitative estimate of drug-likeness (QED) is 0.286. The fraction of sp³-hybridized carbons (Fsp3) is 0.333. The summed E-state index contributed by atoms with van der Waals surface area (Å²) in [5.41, 5.74) is 24.3. The van der Waals surface area contributed by atoms with E-state index in [1.807, 2.05) is 0 Å². The Morgan fingerprint density at radius 3 is 1.12 bits per heavy atom. The maximum absolute atomic E-state index is 10.8. The van der Waals surface area contributed by atoms with Gasteiger partial charge in [-0.15, -0.1) is 19.6 Å². The summed E-state index contributed by atoms with van der Waals surface area (Å²) in [7, 11) is 0. The van der Waals surface area contributed by atoms with Crippen LogP contribution in [0.15, 0.2) is 18.2 Å². The second-order valence-electron chi connectivity index (χ2n) is 5.35. The van der Waals surface area contributed by atoms with E-state index >= 15 is 0 Å². The Balaban J connectivity index is -0.000000199. The maximum atomic E-state index is 10.8. The van der Waals surface area contributed by atoms with Gasteiger partial charge >= 0.3 is 29.8 Å². The van der Waals surface area contributed by atoms with Crippen molar-refractivity contribution in [2.45, 2.75) is 19.3 Å². The summed E-state index contributed by atoms with van der Waals surface area (Å²) in [6.07, 6.45) is -0.125. The molecule has 1 rings (SSSR count). The van der Waals surface area contributed by atoms with Crippen LogP contribution in [0.1, 0.15) is 50.3 Å². The number of carbonyl (C=O) groups is 6. The standard InChI is InChI=1S/C9H7NO5.3C3H6NO2.Cu/c10-7(11)4-2-1-3-5(8(12)13)6(4)9(14)15;3*4-2-1-3(5)6;/h1-3H,(H4,10,11,12,13,14,15);3*4H,1-2H2,(H,5,6);/q;3*-1;/p-1. The van der Waals surface area contributed by atoms with Gasteiger partial charge in [-0.3, -0.25) is 14.4 Å². The predicted molar refractivity (Wildman–Crippen MR) is 113 cm³/mol. The number of aliphatic carboxylic acids is 3. The van der Waals surface area contributed by atoms with Crippen LogP contribution in [-0.4, -0.2) is 80.9 Å². The number of carboxylic acids is 5. The van der Waals surface area contributed by atoms with E-state index in [1.165, 1.54) is 6.07 Å². The minimum atomic E-state index is -1.54. The van der Waals surface area contributed by atoms with Crippen molar-refractivity contribution in [3.05, 3.63) is 57.8 Å². The number of carbonyl (C=O) groups excluding carboxylic acids is 1. The molecule has 0 bridgehead atoms. The average Bonchev–Trinajstić information content (AvgIpc) is 2.68. The van der Waals surface area contributed by atoms with Gasteiger partial charge in [0.1, 0.15) is 0 Å². The third kappa shape index (κ3) is 21.7. The Labute approximate surface area is 204 Å². The third-order valence-corrected chi connectivity index (χ3v) is 2.77. The zero-order valence-corrected chi connectivity index (χ0v) is 18.4. The second kappa shape index (κ2) is 22.6. The van der Waals surface area contributed by atoms with Gasteiger partial charge in [0.05, 0.1) is 17.0 Å². The van der Waals surface area contributed by atoms with Crippen molar-refractivity contribution >= 4 is 35.8 Å².